The van der Waals surface area contributed by atoms with Crippen LogP contribution in [0, 0.1) is 5.82 Å². The number of anilines is 1. The number of aryl methyl sites for hydroxylation is 1. The molecule has 0 radical (unpaired) electrons. The normalized spacial score (nSPS) is 13.8. The highest BCUT2D eigenvalue weighted by molar-refractivity contribution is 7.80. The second-order valence-corrected chi connectivity index (χ2v) is 11.1. The van der Waals surface area contributed by atoms with Crippen LogP contribution in [0.4, 0.5) is 10.1 Å². The van der Waals surface area contributed by atoms with Gasteiger partial charge >= 0.3 is 7.12 Å². The van der Waals surface area contributed by atoms with Gasteiger partial charge in [-0.15, -0.1) is 0 Å². The number of hydrogen-bond donors (Lipinski definition) is 4. The monoisotopic (exact) mass is 584 g/mol. The molecule has 208 valence electrons. The summed E-state index contributed by atoms with van der Waals surface area (Å²) in [6.07, 6.45) is 2.36. The Labute approximate surface area is 238 Å². The molecule has 3 aromatic carbocycles. The molecule has 1 aliphatic carbocycles. The number of amides is 1. The van der Waals surface area contributed by atoms with Gasteiger partial charge in [-0.05, 0) is 96.7 Å². The fraction of sp³-hybridized carbons (Fsp3) is 0.250. The maximum absolute atomic E-state index is 13.6. The van der Waals surface area contributed by atoms with Crippen molar-refractivity contribution >= 4 is 52.5 Å². The molecule has 1 aromatic heterocycles. The quantitative estimate of drug-likeness (QED) is 0.148. The Morgan fingerprint density at radius 1 is 1.15 bits per heavy atom. The van der Waals surface area contributed by atoms with Gasteiger partial charge in [-0.1, -0.05) is 17.7 Å². The largest absolute Gasteiger partial charge is 0.455 e. The molecule has 4 aromatic rings. The molecule has 1 amide bonds. The molecule has 1 heterocycles. The number of carbonyl (C=O) groups is 1. The number of carbonyl (C=O) groups excluding carboxylic acids is 1. The van der Waals surface area contributed by atoms with Crippen LogP contribution in [0.1, 0.15) is 45.8 Å². The van der Waals surface area contributed by atoms with Crippen LogP contribution in [0.25, 0.3) is 22.3 Å². The smallest absolute Gasteiger partial charge is 0.451 e. The van der Waals surface area contributed by atoms with E-state index in [1.807, 2.05) is 6.07 Å². The van der Waals surface area contributed by atoms with Crippen molar-refractivity contribution in [2.24, 2.45) is 0 Å². The Kier molecular flexibility index (Phi) is 8.30. The van der Waals surface area contributed by atoms with Gasteiger partial charge in [-0.3, -0.25) is 13.7 Å². The highest BCUT2D eigenvalue weighted by Gasteiger charge is 2.31. The van der Waals surface area contributed by atoms with Crippen molar-refractivity contribution in [2.75, 3.05) is 11.4 Å². The third-order valence-corrected chi connectivity index (χ3v) is 8.10. The number of nitrogens with zero attached hydrogens (tertiary/aromatic N) is 1. The molecule has 5 rings (SSSR count). The zero-order valence-corrected chi connectivity index (χ0v) is 23.1. The van der Waals surface area contributed by atoms with Crippen molar-refractivity contribution in [3.05, 3.63) is 87.7 Å². The SMILES string of the molecule is CNC(=O)c1c(-c2ccc(F)cc2)oc2cc(CN(c3ccc(CCB(O)O)c(Cl)c3)S(=O)O)c(C3CC3)cc12. The summed E-state index contributed by atoms with van der Waals surface area (Å²) in [5, 5.41) is 21.9. The molecule has 0 aliphatic heterocycles. The fourth-order valence-corrected chi connectivity index (χ4v) is 5.65. The summed E-state index contributed by atoms with van der Waals surface area (Å²) in [6.45, 7) is 0.0673. The maximum Gasteiger partial charge on any atom is 0.451 e. The average molecular weight is 585 g/mol. The molecule has 8 nitrogen and oxygen atoms in total. The van der Waals surface area contributed by atoms with E-state index in [-0.39, 0.29) is 24.7 Å². The van der Waals surface area contributed by atoms with Crippen molar-refractivity contribution in [1.29, 1.82) is 0 Å². The molecule has 4 N–H and O–H groups in total. The van der Waals surface area contributed by atoms with Crippen molar-refractivity contribution in [3.8, 4) is 11.3 Å². The van der Waals surface area contributed by atoms with E-state index in [1.165, 1.54) is 23.5 Å². The molecule has 0 saturated heterocycles. The van der Waals surface area contributed by atoms with Gasteiger partial charge in [0.25, 0.3) is 17.2 Å². The Hall–Kier alpha value is -3.22. The first kappa shape index (κ1) is 28.3. The van der Waals surface area contributed by atoms with Crippen LogP contribution < -0.4 is 9.62 Å². The molecular formula is C28H27BClFN2O6S. The first-order valence-electron chi connectivity index (χ1n) is 12.8. The summed E-state index contributed by atoms with van der Waals surface area (Å²) in [5.41, 5.74) is 4.15. The van der Waals surface area contributed by atoms with Crippen molar-refractivity contribution in [1.82, 2.24) is 5.32 Å². The Balaban J connectivity index is 1.57. The van der Waals surface area contributed by atoms with Crippen molar-refractivity contribution in [3.63, 3.8) is 0 Å². The van der Waals surface area contributed by atoms with Crippen LogP contribution in [0.2, 0.25) is 11.3 Å². The van der Waals surface area contributed by atoms with E-state index in [1.54, 1.807) is 36.4 Å². The summed E-state index contributed by atoms with van der Waals surface area (Å²) in [7, 11) is 0.0739. The third kappa shape index (κ3) is 5.94. The van der Waals surface area contributed by atoms with E-state index in [9.17, 15) is 17.9 Å². The van der Waals surface area contributed by atoms with Gasteiger partial charge in [0.15, 0.2) is 0 Å². The fourth-order valence-electron chi connectivity index (χ4n) is 4.84. The number of hydrogen-bond acceptors (Lipinski definition) is 5. The molecule has 1 fully saturated rings. The van der Waals surface area contributed by atoms with Crippen LogP contribution >= 0.6 is 11.6 Å². The molecular weight excluding hydrogens is 558 g/mol. The number of nitrogens with one attached hydrogen (secondary N) is 1. The lowest BCUT2D eigenvalue weighted by Gasteiger charge is -2.22. The molecule has 1 saturated carbocycles. The van der Waals surface area contributed by atoms with E-state index in [2.05, 4.69) is 5.32 Å². The molecule has 0 spiro atoms. The van der Waals surface area contributed by atoms with E-state index < -0.39 is 24.2 Å². The highest BCUT2D eigenvalue weighted by atomic mass is 35.5. The standard InChI is InChI=1S/C28H27BClFN2O6S/c1-32-28(34)26-23-14-22(16-2-3-16)19(12-25(23)39-27(26)18-4-7-20(31)8-5-18)15-33(40(37)38)21-9-6-17(24(30)13-21)10-11-29(35)36/h4-9,12-14,16,35-36H,2-3,10-11,15H2,1H3,(H,32,34)(H,37,38). The number of rotatable bonds is 10. The predicted molar refractivity (Wildman–Crippen MR) is 154 cm³/mol. The van der Waals surface area contributed by atoms with Crippen LogP contribution in [-0.2, 0) is 24.2 Å². The second kappa shape index (κ2) is 11.7. The summed E-state index contributed by atoms with van der Waals surface area (Å²) < 4.78 is 43.8. The number of benzene rings is 3. The minimum atomic E-state index is -2.39. The number of fused-ring (bicyclic) bond motifs is 1. The van der Waals surface area contributed by atoms with Crippen molar-refractivity contribution in [2.45, 2.75) is 38.0 Å². The van der Waals surface area contributed by atoms with Gasteiger partial charge in [-0.25, -0.2) is 8.60 Å². The molecule has 0 bridgehead atoms. The summed E-state index contributed by atoms with van der Waals surface area (Å²) >= 11 is 4.03. The van der Waals surface area contributed by atoms with Gasteiger partial charge < -0.3 is 19.8 Å². The average Bonchev–Trinajstić information content (AvgIpc) is 3.70. The lowest BCUT2D eigenvalue weighted by Crippen LogP contribution is -2.25. The lowest BCUT2D eigenvalue weighted by atomic mass is 9.83. The minimum absolute atomic E-state index is 0.0673. The van der Waals surface area contributed by atoms with Gasteiger partial charge in [-0.2, -0.15) is 0 Å². The van der Waals surface area contributed by atoms with Crippen molar-refractivity contribution < 1.29 is 32.4 Å². The first-order chi connectivity index (χ1) is 19.2. The highest BCUT2D eigenvalue weighted by Crippen LogP contribution is 2.45. The summed E-state index contributed by atoms with van der Waals surface area (Å²) in [6, 6.07) is 14.3. The van der Waals surface area contributed by atoms with Crippen LogP contribution in [0.3, 0.4) is 0 Å². The summed E-state index contributed by atoms with van der Waals surface area (Å²) in [4.78, 5) is 13.0. The zero-order valence-electron chi connectivity index (χ0n) is 21.6. The Bertz CT molecular complexity index is 1590. The third-order valence-electron chi connectivity index (χ3n) is 7.03. The van der Waals surface area contributed by atoms with E-state index in [4.69, 9.17) is 26.1 Å². The second-order valence-electron chi connectivity index (χ2n) is 9.78. The first-order valence-corrected chi connectivity index (χ1v) is 14.2. The Morgan fingerprint density at radius 3 is 2.48 bits per heavy atom. The van der Waals surface area contributed by atoms with Gasteiger partial charge in [0.1, 0.15) is 17.2 Å². The van der Waals surface area contributed by atoms with Crippen LogP contribution in [0.5, 0.6) is 0 Å². The van der Waals surface area contributed by atoms with Crippen LogP contribution in [0.15, 0.2) is 59.0 Å². The lowest BCUT2D eigenvalue weighted by molar-refractivity contribution is 0.0964. The topological polar surface area (TPSA) is 123 Å². The number of halogens is 2. The number of furan rings is 1. The zero-order chi connectivity index (χ0) is 28.6. The summed E-state index contributed by atoms with van der Waals surface area (Å²) in [5.74, 6) is -0.192. The molecule has 40 heavy (non-hydrogen) atoms. The van der Waals surface area contributed by atoms with Gasteiger partial charge in [0.05, 0.1) is 17.8 Å². The van der Waals surface area contributed by atoms with E-state index in [0.717, 1.165) is 24.0 Å². The molecule has 1 aliphatic rings. The van der Waals surface area contributed by atoms with E-state index >= 15 is 0 Å². The van der Waals surface area contributed by atoms with Crippen LogP contribution in [-0.4, -0.2) is 38.9 Å². The van der Waals surface area contributed by atoms with Gasteiger partial charge in [0.2, 0.25) is 0 Å². The molecule has 1 unspecified atom stereocenters. The minimum Gasteiger partial charge on any atom is -0.455 e. The van der Waals surface area contributed by atoms with E-state index in [0.29, 0.717) is 50.6 Å². The maximum atomic E-state index is 13.6. The predicted octanol–water partition coefficient (Wildman–Crippen LogP) is 5.29. The molecule has 1 atom stereocenters. The molecule has 12 heteroatoms. The van der Waals surface area contributed by atoms with Gasteiger partial charge in [0, 0.05) is 23.0 Å². The Morgan fingerprint density at radius 2 is 1.88 bits per heavy atom.